The number of benzene rings is 1. The van der Waals surface area contributed by atoms with E-state index in [0.29, 0.717) is 13.0 Å². The van der Waals surface area contributed by atoms with Crippen molar-refractivity contribution in [2.24, 2.45) is 17.8 Å². The molecule has 1 spiro atoms. The summed E-state index contributed by atoms with van der Waals surface area (Å²) in [5.74, 6) is -2.39. The minimum absolute atomic E-state index is 0.0139. The van der Waals surface area contributed by atoms with Crippen molar-refractivity contribution >= 4 is 23.4 Å². The van der Waals surface area contributed by atoms with Crippen molar-refractivity contribution < 1.29 is 24.2 Å². The highest BCUT2D eigenvalue weighted by Gasteiger charge is 2.80. The van der Waals surface area contributed by atoms with Gasteiger partial charge in [0.2, 0.25) is 11.8 Å². The van der Waals surface area contributed by atoms with Gasteiger partial charge in [-0.3, -0.25) is 14.4 Å². The Bertz CT molecular complexity index is 1110. The first kappa shape index (κ1) is 27.1. The number of carbonyl (C=O) groups is 3. The molecular formula is C29H39N3O5. The van der Waals surface area contributed by atoms with Gasteiger partial charge in [0, 0.05) is 32.4 Å². The van der Waals surface area contributed by atoms with Crippen LogP contribution in [0.5, 0.6) is 0 Å². The fraction of sp³-hybridized carbons (Fsp3) is 0.552. The Morgan fingerprint density at radius 3 is 2.38 bits per heavy atom. The van der Waals surface area contributed by atoms with E-state index in [9.17, 15) is 19.5 Å². The lowest BCUT2D eigenvalue weighted by Gasteiger charge is -2.38. The summed E-state index contributed by atoms with van der Waals surface area (Å²) in [5.41, 5.74) is 0.576. The third-order valence-corrected chi connectivity index (χ3v) is 8.72. The van der Waals surface area contributed by atoms with Gasteiger partial charge in [-0.05, 0) is 44.2 Å². The quantitative estimate of drug-likeness (QED) is 0.517. The molecule has 4 rings (SSSR count). The molecule has 3 aliphatic rings. The topological polar surface area (TPSA) is 90.4 Å². The normalized spacial score (nSPS) is 31.8. The van der Waals surface area contributed by atoms with Crippen LogP contribution in [0.15, 0.2) is 43.5 Å². The summed E-state index contributed by atoms with van der Waals surface area (Å²) >= 11 is 0. The van der Waals surface area contributed by atoms with Crippen LogP contribution in [0.2, 0.25) is 0 Å². The van der Waals surface area contributed by atoms with Crippen molar-refractivity contribution in [3.63, 3.8) is 0 Å². The van der Waals surface area contributed by atoms with Crippen molar-refractivity contribution in [2.75, 3.05) is 38.2 Å². The lowest BCUT2D eigenvalue weighted by molar-refractivity contribution is -0.150. The van der Waals surface area contributed by atoms with E-state index in [1.807, 2.05) is 45.9 Å². The lowest BCUT2D eigenvalue weighted by Crippen LogP contribution is -2.57. The molecule has 0 radical (unpaired) electrons. The highest BCUT2D eigenvalue weighted by atomic mass is 16.5. The molecule has 37 heavy (non-hydrogen) atoms. The predicted octanol–water partition coefficient (Wildman–Crippen LogP) is 2.47. The molecule has 3 saturated heterocycles. The number of likely N-dealkylation sites (tertiary alicyclic amines) is 1. The van der Waals surface area contributed by atoms with Crippen molar-refractivity contribution in [1.29, 1.82) is 0 Å². The number of anilines is 1. The molecule has 8 nitrogen and oxygen atoms in total. The zero-order valence-electron chi connectivity index (χ0n) is 22.6. The predicted molar refractivity (Wildman–Crippen MR) is 142 cm³/mol. The van der Waals surface area contributed by atoms with Crippen LogP contribution >= 0.6 is 0 Å². The third kappa shape index (κ3) is 3.84. The number of amides is 3. The second kappa shape index (κ2) is 9.72. The van der Waals surface area contributed by atoms with Gasteiger partial charge in [-0.1, -0.05) is 37.3 Å². The number of hydrogen-bond acceptors (Lipinski definition) is 5. The second-order valence-electron chi connectivity index (χ2n) is 10.9. The van der Waals surface area contributed by atoms with E-state index in [1.165, 1.54) is 4.90 Å². The summed E-state index contributed by atoms with van der Waals surface area (Å²) in [6, 6.07) is 4.87. The Hall–Kier alpha value is -2.97. The largest absolute Gasteiger partial charge is 0.395 e. The van der Waals surface area contributed by atoms with Crippen LogP contribution in [-0.2, 0) is 19.1 Å². The number of ether oxygens (including phenoxy) is 1. The molecule has 3 amide bonds. The molecule has 3 unspecified atom stereocenters. The number of hydrogen-bond donors (Lipinski definition) is 1. The smallest absolute Gasteiger partial charge is 0.253 e. The second-order valence-corrected chi connectivity index (χ2v) is 10.9. The minimum atomic E-state index is -1.16. The maximum atomic E-state index is 14.5. The molecule has 0 saturated carbocycles. The van der Waals surface area contributed by atoms with Gasteiger partial charge < -0.3 is 24.5 Å². The Morgan fingerprint density at radius 1 is 1.19 bits per heavy atom. The Balaban J connectivity index is 1.86. The lowest BCUT2D eigenvalue weighted by atomic mass is 9.62. The van der Waals surface area contributed by atoms with Gasteiger partial charge >= 0.3 is 0 Å². The van der Waals surface area contributed by atoms with E-state index in [4.69, 9.17) is 4.74 Å². The van der Waals surface area contributed by atoms with E-state index < -0.39 is 29.1 Å². The molecule has 3 aliphatic heterocycles. The molecule has 0 aromatic heterocycles. The summed E-state index contributed by atoms with van der Waals surface area (Å²) in [6.45, 7) is 15.7. The molecule has 1 aromatic carbocycles. The van der Waals surface area contributed by atoms with Crippen LogP contribution in [0.25, 0.3) is 0 Å². The number of carbonyl (C=O) groups excluding carboxylic acids is 3. The first-order valence-corrected chi connectivity index (χ1v) is 13.0. The number of aliphatic hydroxyl groups excluding tert-OH is 1. The summed E-state index contributed by atoms with van der Waals surface area (Å²) in [7, 11) is 1.69. The number of β-amino-alcohol motifs (C(OH)–C–C–N with tert-alkyl or cyclic N) is 1. The van der Waals surface area contributed by atoms with Gasteiger partial charge in [0.1, 0.15) is 11.6 Å². The number of aliphatic hydroxyl groups is 1. The van der Waals surface area contributed by atoms with Crippen LogP contribution in [0.3, 0.4) is 0 Å². The van der Waals surface area contributed by atoms with Crippen molar-refractivity contribution in [2.45, 2.75) is 51.4 Å². The fourth-order valence-corrected chi connectivity index (χ4v) is 7.06. The van der Waals surface area contributed by atoms with Gasteiger partial charge in [0.25, 0.3) is 5.91 Å². The van der Waals surface area contributed by atoms with Gasteiger partial charge in [-0.15, -0.1) is 13.2 Å². The number of aryl methyl sites for hydroxylation is 2. The Labute approximate surface area is 219 Å². The van der Waals surface area contributed by atoms with Crippen molar-refractivity contribution in [3.8, 4) is 0 Å². The monoisotopic (exact) mass is 509 g/mol. The molecule has 1 aromatic rings. The fourth-order valence-electron chi connectivity index (χ4n) is 7.06. The van der Waals surface area contributed by atoms with Crippen molar-refractivity contribution in [3.05, 3.63) is 54.6 Å². The SMILES string of the molecule is C=CCN(C)C(=O)[C@H]1[C@H]2C(=O)N(CCO)C(C(=O)N(CC=C)c3c(C)cccc3C)C23CC(C)[C@]1(C)O3. The standard InChI is InChI=1S/C29H39N3O5/c1-8-13-30(7)25(34)21-22-26(35)32(15-16-33)24(29(22)17-20(5)28(21,6)37-29)27(36)31(14-9-2)23-18(3)11-10-12-19(23)4/h8-12,20-22,24,33H,1-2,13-17H2,3-7H3/t20?,21-,22+,24?,28+,29?/m1/s1. The van der Waals surface area contributed by atoms with E-state index in [-0.39, 0.29) is 43.3 Å². The molecule has 8 heteroatoms. The molecular weight excluding hydrogens is 470 g/mol. The highest BCUT2D eigenvalue weighted by Crippen LogP contribution is 2.65. The molecule has 6 atom stereocenters. The number of rotatable bonds is 9. The van der Waals surface area contributed by atoms with Crippen LogP contribution < -0.4 is 4.90 Å². The van der Waals surface area contributed by atoms with E-state index in [0.717, 1.165) is 16.8 Å². The van der Waals surface area contributed by atoms with E-state index in [1.54, 1.807) is 29.0 Å². The average molecular weight is 510 g/mol. The first-order chi connectivity index (χ1) is 17.5. The van der Waals surface area contributed by atoms with E-state index >= 15 is 0 Å². The maximum Gasteiger partial charge on any atom is 0.253 e. The van der Waals surface area contributed by atoms with Crippen LogP contribution in [-0.4, -0.2) is 83.2 Å². The number of nitrogens with zero attached hydrogens (tertiary/aromatic N) is 3. The number of fused-ring (bicyclic) bond motifs is 1. The van der Waals surface area contributed by atoms with Crippen LogP contribution in [0, 0.1) is 31.6 Å². The summed E-state index contributed by atoms with van der Waals surface area (Å²) in [4.78, 5) is 47.0. The third-order valence-electron chi connectivity index (χ3n) is 8.72. The minimum Gasteiger partial charge on any atom is -0.395 e. The van der Waals surface area contributed by atoms with E-state index in [2.05, 4.69) is 13.2 Å². The zero-order chi connectivity index (χ0) is 27.3. The molecule has 2 bridgehead atoms. The first-order valence-electron chi connectivity index (χ1n) is 13.0. The Morgan fingerprint density at radius 2 is 1.81 bits per heavy atom. The number of para-hydroxylation sites is 1. The van der Waals surface area contributed by atoms with Gasteiger partial charge in [0.15, 0.2) is 0 Å². The zero-order valence-corrected chi connectivity index (χ0v) is 22.6. The number of likely N-dealkylation sites (N-methyl/N-ethyl adjacent to an activating group) is 1. The molecule has 1 N–H and O–H groups in total. The van der Waals surface area contributed by atoms with Gasteiger partial charge in [0.05, 0.1) is 24.0 Å². The van der Waals surface area contributed by atoms with Gasteiger partial charge in [-0.25, -0.2) is 0 Å². The van der Waals surface area contributed by atoms with Crippen molar-refractivity contribution in [1.82, 2.24) is 9.80 Å². The molecule has 3 fully saturated rings. The summed E-state index contributed by atoms with van der Waals surface area (Å²) in [6.07, 6.45) is 3.79. The summed E-state index contributed by atoms with van der Waals surface area (Å²) < 4.78 is 6.76. The molecule has 3 heterocycles. The summed E-state index contributed by atoms with van der Waals surface area (Å²) in [5, 5.41) is 9.90. The van der Waals surface area contributed by atoms with Crippen LogP contribution in [0.4, 0.5) is 5.69 Å². The Kier molecular flexibility index (Phi) is 7.12. The van der Waals surface area contributed by atoms with Gasteiger partial charge in [-0.2, -0.15) is 0 Å². The highest BCUT2D eigenvalue weighted by molar-refractivity contribution is 6.05. The molecule has 0 aliphatic carbocycles. The average Bonchev–Trinajstić information content (AvgIpc) is 3.35. The maximum absolute atomic E-state index is 14.5. The van der Waals surface area contributed by atoms with Crippen LogP contribution in [0.1, 0.15) is 31.4 Å². The molecule has 200 valence electrons.